The number of hydrogen-bond acceptors (Lipinski definition) is 4. The molecule has 1 saturated carbocycles. The van der Waals surface area contributed by atoms with Gasteiger partial charge in [-0.1, -0.05) is 19.3 Å². The summed E-state index contributed by atoms with van der Waals surface area (Å²) in [5.41, 5.74) is 0.944. The van der Waals surface area contributed by atoms with Gasteiger partial charge < -0.3 is 10.4 Å². The van der Waals surface area contributed by atoms with E-state index in [1.165, 1.54) is 0 Å². The molecule has 19 heavy (non-hydrogen) atoms. The molecule has 1 heterocycles. The molecule has 0 radical (unpaired) electrons. The lowest BCUT2D eigenvalue weighted by Crippen LogP contribution is -2.34. The van der Waals surface area contributed by atoms with Crippen LogP contribution in [0.2, 0.25) is 0 Å². The molecule has 5 nitrogen and oxygen atoms in total. The maximum Gasteiger partial charge on any atom is 0.308 e. The first-order valence-electron chi connectivity index (χ1n) is 6.57. The van der Waals surface area contributed by atoms with Crippen LogP contribution in [0.3, 0.4) is 0 Å². The van der Waals surface area contributed by atoms with Crippen LogP contribution in [-0.4, -0.2) is 22.1 Å². The quantitative estimate of drug-likeness (QED) is 0.814. The van der Waals surface area contributed by atoms with E-state index in [0.29, 0.717) is 17.8 Å². The summed E-state index contributed by atoms with van der Waals surface area (Å²) < 4.78 is 0. The Balaban J connectivity index is 2.19. The normalized spacial score (nSPS) is 23.1. The number of anilines is 1. The van der Waals surface area contributed by atoms with Crippen molar-refractivity contribution in [3.05, 3.63) is 24.0 Å². The lowest BCUT2D eigenvalue weighted by Gasteiger charge is -2.24. The van der Waals surface area contributed by atoms with Gasteiger partial charge in [0.15, 0.2) is 5.69 Å². The molecule has 1 fully saturated rings. The number of nitriles is 1. The van der Waals surface area contributed by atoms with Gasteiger partial charge in [0.1, 0.15) is 6.07 Å². The van der Waals surface area contributed by atoms with E-state index in [0.717, 1.165) is 25.7 Å². The summed E-state index contributed by atoms with van der Waals surface area (Å²) >= 11 is 0. The van der Waals surface area contributed by atoms with Crippen molar-refractivity contribution >= 4 is 11.7 Å². The van der Waals surface area contributed by atoms with Crippen molar-refractivity contribution in [1.82, 2.24) is 4.98 Å². The van der Waals surface area contributed by atoms with Crippen molar-refractivity contribution in [2.75, 3.05) is 5.32 Å². The highest BCUT2D eigenvalue weighted by Gasteiger charge is 2.29. The average molecular weight is 259 g/mol. The summed E-state index contributed by atoms with van der Waals surface area (Å²) in [5, 5.41) is 21.5. The summed E-state index contributed by atoms with van der Waals surface area (Å²) in [6.45, 7) is 0. The molecule has 2 rings (SSSR count). The number of nitrogens with zero attached hydrogens (tertiary/aromatic N) is 2. The van der Waals surface area contributed by atoms with Crippen LogP contribution in [0.1, 0.15) is 37.8 Å². The number of nitrogens with one attached hydrogen (secondary N) is 1. The second-order valence-corrected chi connectivity index (χ2v) is 4.84. The summed E-state index contributed by atoms with van der Waals surface area (Å²) in [6.07, 6.45) is 6.11. The lowest BCUT2D eigenvalue weighted by atomic mass is 9.94. The molecule has 2 unspecified atom stereocenters. The first-order valence-corrected chi connectivity index (χ1v) is 6.57. The molecule has 5 heteroatoms. The van der Waals surface area contributed by atoms with Gasteiger partial charge in [0.25, 0.3) is 0 Å². The minimum atomic E-state index is -0.762. The molecular weight excluding hydrogens is 242 g/mol. The Hall–Kier alpha value is -2.09. The number of aliphatic carboxylic acids is 1. The zero-order valence-electron chi connectivity index (χ0n) is 10.7. The van der Waals surface area contributed by atoms with Crippen LogP contribution in [0.25, 0.3) is 0 Å². The topological polar surface area (TPSA) is 86.0 Å². The first kappa shape index (κ1) is 13.3. The maximum absolute atomic E-state index is 11.3. The van der Waals surface area contributed by atoms with E-state index in [9.17, 15) is 9.90 Å². The molecule has 0 spiro atoms. The number of pyridine rings is 1. The second-order valence-electron chi connectivity index (χ2n) is 4.84. The van der Waals surface area contributed by atoms with Crippen LogP contribution in [0.4, 0.5) is 5.69 Å². The molecular formula is C14H17N3O2. The summed E-state index contributed by atoms with van der Waals surface area (Å²) in [4.78, 5) is 15.3. The number of hydrogen-bond donors (Lipinski definition) is 2. The summed E-state index contributed by atoms with van der Waals surface area (Å²) in [7, 11) is 0. The van der Waals surface area contributed by atoms with Gasteiger partial charge in [0.05, 0.1) is 11.6 Å². The standard InChI is InChI=1S/C14H17N3O2/c15-9-13-12(7-4-8-16-13)17-11-6-3-1-2-5-10(11)14(18)19/h4,7-8,10-11,17H,1-3,5-6H2,(H,18,19). The zero-order chi connectivity index (χ0) is 13.7. The van der Waals surface area contributed by atoms with Gasteiger partial charge in [-0.15, -0.1) is 0 Å². The molecule has 1 aliphatic rings. The maximum atomic E-state index is 11.3. The van der Waals surface area contributed by atoms with Crippen LogP contribution in [0.5, 0.6) is 0 Å². The molecule has 1 aromatic rings. The van der Waals surface area contributed by atoms with Gasteiger partial charge in [-0.3, -0.25) is 4.79 Å². The van der Waals surface area contributed by atoms with E-state index in [2.05, 4.69) is 10.3 Å². The highest BCUT2D eigenvalue weighted by molar-refractivity contribution is 5.72. The van der Waals surface area contributed by atoms with Gasteiger partial charge in [0.2, 0.25) is 0 Å². The summed E-state index contributed by atoms with van der Waals surface area (Å²) in [5.74, 6) is -1.16. The third-order valence-corrected chi connectivity index (χ3v) is 3.59. The van der Waals surface area contributed by atoms with E-state index in [4.69, 9.17) is 5.26 Å². The summed E-state index contributed by atoms with van der Waals surface area (Å²) in [6, 6.07) is 5.41. The van der Waals surface area contributed by atoms with Crippen LogP contribution < -0.4 is 5.32 Å². The molecule has 0 aromatic carbocycles. The van der Waals surface area contributed by atoms with Crippen molar-refractivity contribution < 1.29 is 9.90 Å². The van der Waals surface area contributed by atoms with Crippen LogP contribution >= 0.6 is 0 Å². The Kier molecular flexibility index (Phi) is 4.35. The fraction of sp³-hybridized carbons (Fsp3) is 0.500. The Morgan fingerprint density at radius 2 is 2.21 bits per heavy atom. The third kappa shape index (κ3) is 3.22. The highest BCUT2D eigenvalue weighted by atomic mass is 16.4. The Morgan fingerprint density at radius 3 is 2.95 bits per heavy atom. The largest absolute Gasteiger partial charge is 0.481 e. The molecule has 0 saturated heterocycles. The Bertz CT molecular complexity index is 496. The number of carboxylic acids is 1. The van der Waals surface area contributed by atoms with Crippen molar-refractivity contribution in [2.45, 2.75) is 38.1 Å². The average Bonchev–Trinajstić information content (AvgIpc) is 2.65. The number of carboxylic acid groups (broad SMARTS) is 1. The molecule has 1 aromatic heterocycles. The number of aromatic nitrogens is 1. The van der Waals surface area contributed by atoms with E-state index in [1.807, 2.05) is 6.07 Å². The van der Waals surface area contributed by atoms with Gasteiger partial charge in [-0.25, -0.2) is 4.98 Å². The Labute approximate surface area is 112 Å². The van der Waals surface area contributed by atoms with Crippen LogP contribution in [-0.2, 0) is 4.79 Å². The zero-order valence-corrected chi connectivity index (χ0v) is 10.7. The SMILES string of the molecule is N#Cc1ncccc1NC1CCCCCC1C(=O)O. The highest BCUT2D eigenvalue weighted by Crippen LogP contribution is 2.27. The first-order chi connectivity index (χ1) is 9.22. The van der Waals surface area contributed by atoms with E-state index < -0.39 is 11.9 Å². The monoisotopic (exact) mass is 259 g/mol. The van der Waals surface area contributed by atoms with Crippen molar-refractivity contribution in [2.24, 2.45) is 5.92 Å². The lowest BCUT2D eigenvalue weighted by molar-refractivity contribution is -0.142. The predicted molar refractivity (Wildman–Crippen MR) is 70.6 cm³/mol. The van der Waals surface area contributed by atoms with Crippen molar-refractivity contribution in [3.8, 4) is 6.07 Å². The van der Waals surface area contributed by atoms with E-state index >= 15 is 0 Å². The molecule has 1 aliphatic carbocycles. The van der Waals surface area contributed by atoms with E-state index in [-0.39, 0.29) is 6.04 Å². The molecule has 2 N–H and O–H groups in total. The molecule has 2 atom stereocenters. The smallest absolute Gasteiger partial charge is 0.308 e. The number of carbonyl (C=O) groups is 1. The predicted octanol–water partition coefficient (Wildman–Crippen LogP) is 2.40. The molecule has 0 bridgehead atoms. The second kappa shape index (κ2) is 6.19. The number of rotatable bonds is 3. The molecule has 100 valence electrons. The van der Waals surface area contributed by atoms with E-state index in [1.54, 1.807) is 18.3 Å². The van der Waals surface area contributed by atoms with Crippen LogP contribution in [0.15, 0.2) is 18.3 Å². The third-order valence-electron chi connectivity index (χ3n) is 3.59. The minimum absolute atomic E-state index is 0.128. The van der Waals surface area contributed by atoms with Crippen molar-refractivity contribution in [1.29, 1.82) is 5.26 Å². The fourth-order valence-corrected chi connectivity index (χ4v) is 2.59. The van der Waals surface area contributed by atoms with Gasteiger partial charge >= 0.3 is 5.97 Å². The molecule has 0 aliphatic heterocycles. The minimum Gasteiger partial charge on any atom is -0.481 e. The van der Waals surface area contributed by atoms with Crippen molar-refractivity contribution in [3.63, 3.8) is 0 Å². The van der Waals surface area contributed by atoms with Gasteiger partial charge in [0, 0.05) is 12.2 Å². The van der Waals surface area contributed by atoms with Gasteiger partial charge in [-0.05, 0) is 25.0 Å². The van der Waals surface area contributed by atoms with Gasteiger partial charge in [-0.2, -0.15) is 5.26 Å². The molecule has 0 amide bonds. The van der Waals surface area contributed by atoms with Crippen LogP contribution in [0, 0.1) is 17.2 Å². The fourth-order valence-electron chi connectivity index (χ4n) is 2.59. The Morgan fingerprint density at radius 1 is 1.42 bits per heavy atom.